The summed E-state index contributed by atoms with van der Waals surface area (Å²) in [5.74, 6) is 4.00. The van der Waals surface area contributed by atoms with Gasteiger partial charge in [0.1, 0.15) is 12.3 Å². The van der Waals surface area contributed by atoms with E-state index in [1.54, 1.807) is 57.6 Å². The largest absolute Gasteiger partial charge is 0.365 e. The number of amides is 4. The number of hydrogen-bond acceptors (Lipinski definition) is 16. The van der Waals surface area contributed by atoms with Gasteiger partial charge in [0.05, 0.1) is 0 Å². The number of benzene rings is 1. The highest BCUT2D eigenvalue weighted by molar-refractivity contribution is 5.84. The zero-order valence-corrected chi connectivity index (χ0v) is 36.0. The molecule has 0 spiro atoms. The van der Waals surface area contributed by atoms with E-state index in [1.165, 1.54) is 0 Å². The fraction of sp³-hybridized carbons (Fsp3) is 0.600. The minimum absolute atomic E-state index is 0.0498. The molecule has 55 heavy (non-hydrogen) atoms. The molecule has 5 rings (SSSR count). The first-order valence-electron chi connectivity index (χ1n) is 17.5. The predicted molar refractivity (Wildman–Crippen MR) is 220 cm³/mol. The lowest BCUT2D eigenvalue weighted by Crippen LogP contribution is -2.42. The maximum absolute atomic E-state index is 11.6. The molecule has 3 aromatic rings. The second-order valence-corrected chi connectivity index (χ2v) is 14.4. The van der Waals surface area contributed by atoms with Crippen LogP contribution in [0.2, 0.25) is 0 Å². The van der Waals surface area contributed by atoms with E-state index in [0.29, 0.717) is 35.6 Å². The quantitative estimate of drug-likeness (QED) is 0.319. The van der Waals surface area contributed by atoms with Gasteiger partial charge in [0.15, 0.2) is 12.2 Å². The maximum Gasteiger partial charge on any atom is 0.323 e. The molecule has 20 nitrogen and oxygen atoms in total. The molecule has 0 atom stereocenters. The molecule has 306 valence electrons. The number of aliphatic hydroxyl groups excluding tert-OH is 1. The number of rotatable bonds is 8. The van der Waals surface area contributed by atoms with Crippen LogP contribution >= 0.6 is 0 Å². The van der Waals surface area contributed by atoms with Crippen molar-refractivity contribution < 1.29 is 14.7 Å². The molecule has 2 aromatic heterocycles. The maximum atomic E-state index is 11.6. The Balaban J connectivity index is 0.000000262. The van der Waals surface area contributed by atoms with Crippen molar-refractivity contribution in [2.45, 2.75) is 18.7 Å². The van der Waals surface area contributed by atoms with Crippen molar-refractivity contribution in [1.82, 2.24) is 59.3 Å². The fourth-order valence-corrected chi connectivity index (χ4v) is 5.15. The van der Waals surface area contributed by atoms with Crippen LogP contribution in [0.15, 0.2) is 30.3 Å². The molecule has 1 aromatic carbocycles. The van der Waals surface area contributed by atoms with E-state index < -0.39 is 6.35 Å². The van der Waals surface area contributed by atoms with Crippen molar-refractivity contribution in [3.63, 3.8) is 0 Å². The first-order valence-corrected chi connectivity index (χ1v) is 17.5. The summed E-state index contributed by atoms with van der Waals surface area (Å²) in [6.45, 7) is 0. The second kappa shape index (κ2) is 19.8. The van der Waals surface area contributed by atoms with Crippen molar-refractivity contribution in [3.05, 3.63) is 30.3 Å². The predicted octanol–water partition coefficient (Wildman–Crippen LogP) is 0.759. The number of fused-ring (bicyclic) bond motifs is 1. The Morgan fingerprint density at radius 2 is 0.727 bits per heavy atom. The van der Waals surface area contributed by atoms with Crippen molar-refractivity contribution in [3.8, 4) is 11.4 Å². The summed E-state index contributed by atoms with van der Waals surface area (Å²) in [4.78, 5) is 68.6. The number of anilines is 5. The molecule has 0 bridgehead atoms. The number of aromatic nitrogens is 6. The molecular weight excluding hydrogens is 707 g/mol. The van der Waals surface area contributed by atoms with Gasteiger partial charge >= 0.3 is 12.1 Å². The van der Waals surface area contributed by atoms with Crippen molar-refractivity contribution in [1.29, 1.82) is 0 Å². The van der Waals surface area contributed by atoms with E-state index in [4.69, 9.17) is 5.11 Å². The van der Waals surface area contributed by atoms with Crippen LogP contribution in [0, 0.1) is 0 Å². The molecule has 0 radical (unpaired) electrons. The second-order valence-electron chi connectivity index (χ2n) is 14.4. The smallest absolute Gasteiger partial charge is 0.323 e. The Labute approximate surface area is 327 Å². The van der Waals surface area contributed by atoms with Crippen LogP contribution < -0.4 is 24.5 Å². The average molecular weight is 770 g/mol. The summed E-state index contributed by atoms with van der Waals surface area (Å²) >= 11 is 0. The molecule has 2 fully saturated rings. The highest BCUT2D eigenvalue weighted by atomic mass is 16.3. The molecule has 0 unspecified atom stereocenters. The monoisotopic (exact) mass is 770 g/mol. The van der Waals surface area contributed by atoms with Crippen molar-refractivity contribution in [2.75, 3.05) is 151 Å². The minimum Gasteiger partial charge on any atom is -0.365 e. The Bertz CT molecular complexity index is 1520. The van der Waals surface area contributed by atoms with E-state index in [9.17, 15) is 9.59 Å². The van der Waals surface area contributed by atoms with Crippen molar-refractivity contribution >= 4 is 41.8 Å². The van der Waals surface area contributed by atoms with Gasteiger partial charge in [-0.3, -0.25) is 9.80 Å². The van der Waals surface area contributed by atoms with E-state index in [2.05, 4.69) is 29.9 Å². The Kier molecular flexibility index (Phi) is 16.5. The van der Waals surface area contributed by atoms with Crippen LogP contribution in [-0.2, 0) is 0 Å². The summed E-state index contributed by atoms with van der Waals surface area (Å²) in [7, 11) is 33.3. The number of hydrogen-bond donors (Lipinski definition) is 1. The van der Waals surface area contributed by atoms with E-state index in [0.717, 1.165) is 5.56 Å². The molecule has 2 aliphatic heterocycles. The molecule has 4 heterocycles. The first kappa shape index (κ1) is 45.8. The molecule has 2 aliphatic rings. The third kappa shape index (κ3) is 11.8. The van der Waals surface area contributed by atoms with Crippen LogP contribution in [0.1, 0.15) is 0 Å². The fourth-order valence-electron chi connectivity index (χ4n) is 5.15. The van der Waals surface area contributed by atoms with E-state index in [1.807, 2.05) is 153 Å². The molecular formula is C35H63N17O3. The Hall–Kier alpha value is -5.34. The van der Waals surface area contributed by atoms with Gasteiger partial charge in [-0.2, -0.15) is 29.9 Å². The Morgan fingerprint density at radius 3 is 0.945 bits per heavy atom. The van der Waals surface area contributed by atoms with Crippen LogP contribution in [-0.4, -0.2) is 222 Å². The SMILES string of the molecule is CN(C)C(O)N(C)C.CN(C)c1nc(-c2ccccc2)nc(N(C)C)n1.CN(C)c1nc(N(C)C)nc(N(C)C)n1.CN1C(=O)N(C)C2C1N(C)C(=O)N2C. The standard InChI is InChI=1S/C13H17N5.C9H18N6.C8H14N4O2.C5H14N2O/c1-17(2)12-14-11(10-8-6-5-7-9-10)15-13(16-12)18(3)4;1-13(2)7-10-8(14(3)4)12-9(11-7)15(5)6;1-9-5-6(11(3)7(9)13)12(4)8(14)10(5)2;1-6(2)5(8)7(3)4/h5-9H,1-4H3;1-6H3;5-6H,1-4H3;5,8H,1-4H3. The molecule has 4 amide bonds. The van der Waals surface area contributed by atoms with Crippen LogP contribution in [0.5, 0.6) is 0 Å². The topological polar surface area (TPSA) is 167 Å². The van der Waals surface area contributed by atoms with Crippen LogP contribution in [0.4, 0.5) is 39.3 Å². The Morgan fingerprint density at radius 1 is 0.473 bits per heavy atom. The zero-order valence-electron chi connectivity index (χ0n) is 36.0. The molecule has 20 heteroatoms. The lowest BCUT2D eigenvalue weighted by Gasteiger charge is -2.24. The average Bonchev–Trinajstić information content (AvgIpc) is 3.51. The highest BCUT2D eigenvalue weighted by Crippen LogP contribution is 2.30. The number of urea groups is 2. The summed E-state index contributed by atoms with van der Waals surface area (Å²) < 4.78 is 0. The zero-order chi connectivity index (χ0) is 42.1. The van der Waals surface area contributed by atoms with Crippen molar-refractivity contribution in [2.24, 2.45) is 0 Å². The van der Waals surface area contributed by atoms with Crippen LogP contribution in [0.3, 0.4) is 0 Å². The summed E-state index contributed by atoms with van der Waals surface area (Å²) in [5, 5.41) is 9.06. The lowest BCUT2D eigenvalue weighted by molar-refractivity contribution is -0.0650. The number of likely N-dealkylation sites (N-methyl/N-ethyl adjacent to an activating group) is 4. The normalized spacial score (nSPS) is 16.0. The van der Waals surface area contributed by atoms with E-state index in [-0.39, 0.29) is 24.4 Å². The molecule has 0 aliphatic carbocycles. The third-order valence-corrected chi connectivity index (χ3v) is 8.23. The number of aliphatic hydroxyl groups is 1. The first-order chi connectivity index (χ1) is 25.5. The van der Waals surface area contributed by atoms with E-state index >= 15 is 0 Å². The highest BCUT2D eigenvalue weighted by Gasteiger charge is 2.54. The summed E-state index contributed by atoms with van der Waals surface area (Å²) in [6, 6.07) is 9.82. The molecule has 2 saturated heterocycles. The van der Waals surface area contributed by atoms with Gasteiger partial charge in [0.25, 0.3) is 0 Å². The van der Waals surface area contributed by atoms with Crippen LogP contribution in [0.25, 0.3) is 11.4 Å². The molecule has 0 saturated carbocycles. The van der Waals surface area contributed by atoms with Gasteiger partial charge in [-0.1, -0.05) is 30.3 Å². The summed E-state index contributed by atoms with van der Waals surface area (Å²) in [5.41, 5.74) is 0.992. The van der Waals surface area contributed by atoms with Gasteiger partial charge < -0.3 is 49.2 Å². The lowest BCUT2D eigenvalue weighted by atomic mass is 10.2. The van der Waals surface area contributed by atoms with Gasteiger partial charge in [0.2, 0.25) is 29.7 Å². The van der Waals surface area contributed by atoms with Gasteiger partial charge in [-0.15, -0.1) is 0 Å². The molecule has 1 N–H and O–H groups in total. The number of carbonyl (C=O) groups is 2. The van der Waals surface area contributed by atoms with Gasteiger partial charge in [0, 0.05) is 104 Å². The summed E-state index contributed by atoms with van der Waals surface area (Å²) in [6.07, 6.45) is -0.787. The minimum atomic E-state index is -0.463. The number of carbonyl (C=O) groups excluding carboxylic acids is 2. The van der Waals surface area contributed by atoms with Gasteiger partial charge in [-0.25, -0.2) is 9.59 Å². The van der Waals surface area contributed by atoms with Gasteiger partial charge in [-0.05, 0) is 28.2 Å². The number of nitrogens with zero attached hydrogens (tertiary/aromatic N) is 17. The third-order valence-electron chi connectivity index (χ3n) is 8.23.